The van der Waals surface area contributed by atoms with Gasteiger partial charge in [0.05, 0.1) is 5.52 Å². The molecule has 10 aromatic rings. The minimum Gasteiger partial charge on any atom is -0.315 e. The minimum absolute atomic E-state index is 0. The van der Waals surface area contributed by atoms with Gasteiger partial charge in [0.15, 0.2) is 0 Å². The number of aromatic nitrogens is 3. The third-order valence-corrected chi connectivity index (χ3v) is 30.3. The fraction of sp³-hybridized carbons (Fsp3) is 0.664. The minimum atomic E-state index is 0. The Balaban J connectivity index is 0.000000816. The van der Waals surface area contributed by atoms with E-state index in [0.717, 1.165) is 94.8 Å². The summed E-state index contributed by atoms with van der Waals surface area (Å²) in [5.41, 5.74) is 19.6. The summed E-state index contributed by atoms with van der Waals surface area (Å²) in [6, 6.07) is 61.1. The molecule has 1 fully saturated rings. The lowest BCUT2D eigenvalue weighted by Gasteiger charge is -2.32. The highest BCUT2D eigenvalue weighted by atomic mass is 32.1. The van der Waals surface area contributed by atoms with Gasteiger partial charge in [-0.25, -0.2) is 0 Å². The molecule has 0 spiro atoms. The molecule has 5 heteroatoms. The van der Waals surface area contributed by atoms with Crippen LogP contribution in [0.3, 0.4) is 0 Å². The van der Waals surface area contributed by atoms with Crippen LogP contribution in [0.25, 0.3) is 32.4 Å². The van der Waals surface area contributed by atoms with Crippen LogP contribution in [0.4, 0.5) is 0 Å². The number of nitrogens with one attached hydrogen (secondary N) is 2. The Morgan fingerprint density at radius 3 is 1.07 bits per heavy atom. The average molecular weight is 2050 g/mol. The Labute approximate surface area is 924 Å². The van der Waals surface area contributed by atoms with Gasteiger partial charge >= 0.3 is 0 Å². The summed E-state index contributed by atoms with van der Waals surface area (Å²) in [6.07, 6.45) is 33.1. The zero-order valence-corrected chi connectivity index (χ0v) is 105. The lowest BCUT2D eigenvalue weighted by atomic mass is 9.73. The summed E-state index contributed by atoms with van der Waals surface area (Å²) in [6.45, 7) is 101. The molecule has 838 valence electrons. The van der Waals surface area contributed by atoms with Gasteiger partial charge in [-0.15, -0.1) is 11.3 Å². The lowest BCUT2D eigenvalue weighted by Crippen LogP contribution is -2.23. The number of hydrogen-bond donors (Lipinski definition) is 2. The number of fused-ring (bicyclic) bond motifs is 4. The Bertz CT molecular complexity index is 4740. The first-order valence-electron chi connectivity index (χ1n) is 60.6. The zero-order valence-electron chi connectivity index (χ0n) is 105. The Morgan fingerprint density at radius 1 is 0.311 bits per heavy atom. The molecule has 2 aliphatic carbocycles. The van der Waals surface area contributed by atoms with Crippen LogP contribution in [0, 0.1) is 82.9 Å². The van der Waals surface area contributed by atoms with Gasteiger partial charge < -0.3 is 5.32 Å². The summed E-state index contributed by atoms with van der Waals surface area (Å²) in [5.74, 6) is 18.2. The van der Waals surface area contributed by atoms with Crippen LogP contribution in [-0.2, 0) is 32.1 Å². The van der Waals surface area contributed by atoms with E-state index in [0.29, 0.717) is 65.2 Å². The number of thiophene rings is 1. The summed E-state index contributed by atoms with van der Waals surface area (Å²) in [5, 5.41) is 17.7. The fourth-order valence-electron chi connectivity index (χ4n) is 19.6. The molecule has 2 aliphatic rings. The van der Waals surface area contributed by atoms with E-state index >= 15 is 0 Å². The van der Waals surface area contributed by atoms with E-state index in [4.69, 9.17) is 0 Å². The third kappa shape index (κ3) is 59.7. The van der Waals surface area contributed by atoms with Gasteiger partial charge in [0.1, 0.15) is 0 Å². The van der Waals surface area contributed by atoms with Crippen molar-refractivity contribution in [1.82, 2.24) is 20.5 Å². The van der Waals surface area contributed by atoms with Gasteiger partial charge in [-0.2, -0.15) is 5.10 Å². The van der Waals surface area contributed by atoms with Crippen LogP contribution in [0.2, 0.25) is 0 Å². The molecule has 0 radical (unpaired) electrons. The lowest BCUT2D eigenvalue weighted by molar-refractivity contribution is 0.189. The molecule has 0 aliphatic heterocycles. The van der Waals surface area contributed by atoms with Crippen molar-refractivity contribution in [2.45, 2.75) is 531 Å². The maximum Gasteiger partial charge on any atom is 0.0924 e. The summed E-state index contributed by atoms with van der Waals surface area (Å²) >= 11 is 1.99. The second-order valence-electron chi connectivity index (χ2n) is 52.2. The Hall–Kier alpha value is -6.66. The van der Waals surface area contributed by atoms with E-state index in [1.165, 1.54) is 243 Å². The standard InChI is InChI=1S/C16H24.2C16H20.C13H18N2.C13H20.C12H19N.C12H20S.C12H24.C11H25N.C11H24.C10H22.CH4/c3*1-11(2)14-9-8-13-6-5-7-15(12(3)4)16(13)10-14;1-8(2)10-5-6-12-11(7-10)13(9(3)4)15-14-12;1-10(2)8-12-6-5-7-13(9-12)11(3)4;1-9(2)8-11-6-5-7-12(13-11)10(3)4;1-9(2)7-11-5-6-12(13-11)8-10(3)4;1-9(2)11-5-7-12(8-6-11)10(3)4;1-10(2)8-6-5-7-9-12-11(3)4;1-10(2)8-6-5-7-9-11(3)4;1-9(2)7-5-6-8-10(3)4;/h8-12,15H,5-7H2,1-4H3;2*5-12H,1-4H3;5-9H,1-4H3,(H,14,15);5-7,9-11H,8H2,1-4H3;5-7,9-10H,8H2,1-4H3;5-6,9-10H,7-8H2,1-4H3;9-12H,5-8H2,1-4H3;10-12H,5-9H2,1-4H3;10-11H,5-9H2,1-4H3;9-10H,5-8H2,1-4H3;1H4. The van der Waals surface area contributed by atoms with E-state index in [9.17, 15) is 0 Å². The van der Waals surface area contributed by atoms with Crippen LogP contribution >= 0.6 is 11.3 Å². The number of unbranched alkanes of at least 4 members (excludes halogenated alkanes) is 5. The van der Waals surface area contributed by atoms with E-state index in [-0.39, 0.29) is 7.43 Å². The van der Waals surface area contributed by atoms with Crippen molar-refractivity contribution in [3.8, 4) is 0 Å². The number of aromatic amines is 1. The van der Waals surface area contributed by atoms with Gasteiger partial charge in [0.2, 0.25) is 0 Å². The molecule has 0 amide bonds. The second kappa shape index (κ2) is 76.8. The molecule has 7 aromatic carbocycles. The summed E-state index contributed by atoms with van der Waals surface area (Å²) in [7, 11) is 0. The Morgan fingerprint density at radius 2 is 0.689 bits per heavy atom. The number of rotatable bonds is 38. The van der Waals surface area contributed by atoms with Crippen molar-refractivity contribution in [3.63, 3.8) is 0 Å². The third-order valence-electron chi connectivity index (χ3n) is 29.1. The summed E-state index contributed by atoms with van der Waals surface area (Å²) < 4.78 is 0. The molecule has 1 unspecified atom stereocenters. The largest absolute Gasteiger partial charge is 0.315 e. The fourth-order valence-corrected chi connectivity index (χ4v) is 21.0. The van der Waals surface area contributed by atoms with E-state index < -0.39 is 0 Å². The van der Waals surface area contributed by atoms with Gasteiger partial charge in [-0.1, -0.05) is 517 Å². The van der Waals surface area contributed by atoms with Gasteiger partial charge in [0, 0.05) is 38.3 Å². The van der Waals surface area contributed by atoms with Crippen LogP contribution in [0.5, 0.6) is 0 Å². The molecule has 1 atom stereocenters. The Kier molecular flexibility index (Phi) is 72.3. The van der Waals surface area contributed by atoms with E-state index in [2.05, 4.69) is 489 Å². The van der Waals surface area contributed by atoms with Crippen molar-refractivity contribution in [3.05, 3.63) is 246 Å². The monoisotopic (exact) mass is 2050 g/mol. The first kappa shape index (κ1) is 139. The summed E-state index contributed by atoms with van der Waals surface area (Å²) in [4.78, 5) is 7.71. The maximum absolute atomic E-state index is 4.61. The van der Waals surface area contributed by atoms with Crippen molar-refractivity contribution in [1.29, 1.82) is 0 Å². The molecule has 148 heavy (non-hydrogen) atoms. The van der Waals surface area contributed by atoms with E-state index in [1.54, 1.807) is 20.9 Å². The highest BCUT2D eigenvalue weighted by Gasteiger charge is 2.26. The average Bonchev–Trinajstić information content (AvgIpc) is 1.37. The topological polar surface area (TPSA) is 53.6 Å². The normalized spacial score (nSPS) is 14.0. The van der Waals surface area contributed by atoms with Crippen molar-refractivity contribution < 1.29 is 0 Å². The number of nitrogens with zero attached hydrogens (tertiary/aromatic N) is 2. The number of pyridine rings is 1. The van der Waals surface area contributed by atoms with E-state index in [1.807, 2.05) is 11.3 Å². The smallest absolute Gasteiger partial charge is 0.0924 e. The molecule has 0 saturated heterocycles. The molecular formula is C143H240N4S. The molecule has 3 heterocycles. The first-order chi connectivity index (χ1) is 69.1. The molecule has 0 bridgehead atoms. The molecule has 2 N–H and O–H groups in total. The van der Waals surface area contributed by atoms with Gasteiger partial charge in [-0.3, -0.25) is 10.1 Å². The predicted molar refractivity (Wildman–Crippen MR) is 676 cm³/mol. The zero-order chi connectivity index (χ0) is 111. The maximum atomic E-state index is 4.61. The quantitative estimate of drug-likeness (QED) is 0.0379. The predicted octanol–water partition coefficient (Wildman–Crippen LogP) is 46.5. The van der Waals surface area contributed by atoms with Crippen molar-refractivity contribution in [2.75, 3.05) is 6.54 Å². The molecule has 3 aromatic heterocycles. The second-order valence-corrected chi connectivity index (χ2v) is 53.5. The molecule has 1 saturated carbocycles. The van der Waals surface area contributed by atoms with Gasteiger partial charge in [-0.05, 0) is 339 Å². The number of H-pyrrole nitrogens is 1. The van der Waals surface area contributed by atoms with Crippen LogP contribution in [0.15, 0.2) is 164 Å². The highest BCUT2D eigenvalue weighted by Crippen LogP contribution is 2.41. The van der Waals surface area contributed by atoms with Crippen molar-refractivity contribution in [2.24, 2.45) is 82.9 Å². The number of benzene rings is 7. The highest BCUT2D eigenvalue weighted by molar-refractivity contribution is 7.12. The SMILES string of the molecule is C.CC(C)C1CCC(C(C)C)CC1.CC(C)CCCCC(C)C.CC(C)CCCCCC(C)C.CC(C)CCCCCNC(C)C.CC(C)Cc1ccc(CC(C)C)s1.CC(C)Cc1cccc(C(C)C)c1.CC(C)Cc1cccc(C(C)C)n1.CC(C)c1ccc2c(c1)C(C(C)C)CCC2.CC(C)c1ccc2cccc(C(C)C)c2c1.CC(C)c1ccc2cccc(C(C)C)c2c1.CC(C)c1ccc2n[nH]c(C(C)C)c2c1. The molecule has 4 nitrogen and oxygen atoms in total. The van der Waals surface area contributed by atoms with Gasteiger partial charge in [0.25, 0.3) is 0 Å². The van der Waals surface area contributed by atoms with Crippen LogP contribution in [0.1, 0.15) is 576 Å². The van der Waals surface area contributed by atoms with Crippen molar-refractivity contribution >= 4 is 43.8 Å². The number of aryl methyl sites for hydroxylation is 1. The molecular weight excluding hydrogens is 1810 g/mol. The van der Waals surface area contributed by atoms with Crippen LogP contribution < -0.4 is 5.32 Å². The van der Waals surface area contributed by atoms with Crippen LogP contribution in [-0.4, -0.2) is 27.8 Å². The first-order valence-corrected chi connectivity index (χ1v) is 61.5. The molecule has 12 rings (SSSR count). The number of hydrogen-bond acceptors (Lipinski definition) is 4.